The van der Waals surface area contributed by atoms with E-state index in [1.807, 2.05) is 33.8 Å². The Labute approximate surface area is 207 Å². The molecule has 0 spiro atoms. The highest BCUT2D eigenvalue weighted by molar-refractivity contribution is 5.79. The third kappa shape index (κ3) is 6.70. The monoisotopic (exact) mass is 464 g/mol. The number of nitrogens with one attached hydrogen (secondary N) is 1. The number of nitrogens with zero attached hydrogens (tertiary/aromatic N) is 1. The van der Waals surface area contributed by atoms with Gasteiger partial charge in [-0.3, -0.25) is 4.79 Å². The number of benzene rings is 2. The van der Waals surface area contributed by atoms with Crippen LogP contribution in [0.2, 0.25) is 0 Å². The second kappa shape index (κ2) is 13.7. The number of amides is 1. The van der Waals surface area contributed by atoms with Crippen LogP contribution in [-0.2, 0) is 22.5 Å². The molecule has 5 rings (SSSR count). The summed E-state index contributed by atoms with van der Waals surface area (Å²) < 4.78 is 5.47. The Bertz CT molecular complexity index is 877. The summed E-state index contributed by atoms with van der Waals surface area (Å²) in [6.45, 7) is 11.3. The molecule has 3 aliphatic rings. The molecule has 0 bridgehead atoms. The first-order valence-corrected chi connectivity index (χ1v) is 13.6. The van der Waals surface area contributed by atoms with Crippen LogP contribution in [0.15, 0.2) is 48.5 Å². The smallest absolute Gasteiger partial charge is 0.226 e. The molecule has 34 heavy (non-hydrogen) atoms. The van der Waals surface area contributed by atoms with Crippen molar-refractivity contribution >= 4 is 5.91 Å². The Balaban J connectivity index is 0.000000771. The van der Waals surface area contributed by atoms with Gasteiger partial charge < -0.3 is 15.0 Å². The second-order valence-corrected chi connectivity index (χ2v) is 9.12. The molecule has 186 valence electrons. The molecule has 1 unspecified atom stereocenters. The Hall–Kier alpha value is -2.17. The van der Waals surface area contributed by atoms with E-state index in [4.69, 9.17) is 4.74 Å². The maximum absolute atomic E-state index is 13.3. The summed E-state index contributed by atoms with van der Waals surface area (Å²) in [5.41, 5.74) is 5.18. The zero-order valence-electron chi connectivity index (χ0n) is 21.7. The third-order valence-corrected chi connectivity index (χ3v) is 7.11. The van der Waals surface area contributed by atoms with E-state index in [1.165, 1.54) is 22.3 Å². The maximum Gasteiger partial charge on any atom is 0.226 e. The van der Waals surface area contributed by atoms with E-state index < -0.39 is 0 Å². The van der Waals surface area contributed by atoms with Gasteiger partial charge in [0, 0.05) is 44.3 Å². The molecule has 4 heteroatoms. The van der Waals surface area contributed by atoms with Gasteiger partial charge in [-0.05, 0) is 66.8 Å². The lowest BCUT2D eigenvalue weighted by atomic mass is 9.94. The van der Waals surface area contributed by atoms with E-state index in [2.05, 4.69) is 52.7 Å². The fraction of sp³-hybridized carbons (Fsp3) is 0.567. The molecule has 1 amide bonds. The van der Waals surface area contributed by atoms with Gasteiger partial charge in [0.1, 0.15) is 0 Å². The fourth-order valence-corrected chi connectivity index (χ4v) is 5.37. The first-order chi connectivity index (χ1) is 16.8. The molecule has 1 aliphatic carbocycles. The van der Waals surface area contributed by atoms with Crippen molar-refractivity contribution in [2.45, 2.75) is 84.8 Å². The van der Waals surface area contributed by atoms with Crippen LogP contribution in [0.3, 0.4) is 0 Å². The molecule has 2 aliphatic heterocycles. The first-order valence-electron chi connectivity index (χ1n) is 13.6. The lowest BCUT2D eigenvalue weighted by molar-refractivity contribution is -0.136. The van der Waals surface area contributed by atoms with Gasteiger partial charge in [-0.25, -0.2) is 0 Å². The molecular weight excluding hydrogens is 420 g/mol. The van der Waals surface area contributed by atoms with E-state index in [1.54, 1.807) is 0 Å². The zero-order chi connectivity index (χ0) is 24.3. The number of rotatable bonds is 4. The largest absolute Gasteiger partial charge is 0.381 e. The van der Waals surface area contributed by atoms with Gasteiger partial charge in [0.05, 0.1) is 0 Å². The van der Waals surface area contributed by atoms with Crippen LogP contribution in [-0.4, -0.2) is 42.6 Å². The normalized spacial score (nSPS) is 22.1. The molecule has 0 radical (unpaired) electrons. The average Bonchev–Trinajstić information content (AvgIpc) is 3.39. The van der Waals surface area contributed by atoms with Gasteiger partial charge in [0.15, 0.2) is 0 Å². The van der Waals surface area contributed by atoms with Crippen LogP contribution in [0.25, 0.3) is 11.1 Å². The van der Waals surface area contributed by atoms with E-state index in [9.17, 15) is 4.79 Å². The molecule has 2 heterocycles. The summed E-state index contributed by atoms with van der Waals surface area (Å²) in [7, 11) is 0. The van der Waals surface area contributed by atoms with Crippen LogP contribution >= 0.6 is 0 Å². The zero-order valence-corrected chi connectivity index (χ0v) is 21.7. The van der Waals surface area contributed by atoms with Gasteiger partial charge in [-0.2, -0.15) is 0 Å². The van der Waals surface area contributed by atoms with Crippen molar-refractivity contribution < 1.29 is 9.53 Å². The molecule has 1 saturated heterocycles. The van der Waals surface area contributed by atoms with Crippen molar-refractivity contribution in [3.05, 3.63) is 59.7 Å². The standard InChI is InChI=1S/C26H32N2O2.2C2H6/c29-26(22-8-9-25(17-22)27-24-11-14-30-15-12-24)28-13-10-20-6-7-21(16-23(20)18-28)19-4-2-1-3-5-19;2*1-2/h1-7,16,22,24-25,27H,8-15,17-18H2;2*1-2H3/t22?,25-;;/m1../s1. The SMILES string of the molecule is CC.CC.O=C(C1CC[C@@H](NC2CCOCC2)C1)N1CCc2ccc(-c3ccccc3)cc2C1. The van der Waals surface area contributed by atoms with Crippen molar-refractivity contribution in [3.63, 3.8) is 0 Å². The fourth-order valence-electron chi connectivity index (χ4n) is 5.37. The van der Waals surface area contributed by atoms with E-state index in [0.29, 0.717) is 18.0 Å². The van der Waals surface area contributed by atoms with Gasteiger partial charge in [0.2, 0.25) is 5.91 Å². The number of carbonyl (C=O) groups is 1. The van der Waals surface area contributed by atoms with Crippen LogP contribution in [0.1, 0.15) is 70.9 Å². The van der Waals surface area contributed by atoms with Crippen molar-refractivity contribution in [3.8, 4) is 11.1 Å². The molecular formula is C30H44N2O2. The van der Waals surface area contributed by atoms with Gasteiger partial charge >= 0.3 is 0 Å². The topological polar surface area (TPSA) is 41.6 Å². The van der Waals surface area contributed by atoms with Gasteiger partial charge in [-0.1, -0.05) is 70.2 Å². The minimum atomic E-state index is 0.182. The highest BCUT2D eigenvalue weighted by Gasteiger charge is 2.34. The summed E-state index contributed by atoms with van der Waals surface area (Å²) >= 11 is 0. The first kappa shape index (κ1) is 26.4. The van der Waals surface area contributed by atoms with Crippen LogP contribution in [0, 0.1) is 5.92 Å². The Morgan fingerprint density at radius 3 is 2.32 bits per heavy atom. The molecule has 1 N–H and O–H groups in total. The van der Waals surface area contributed by atoms with Crippen molar-refractivity contribution in [2.75, 3.05) is 19.8 Å². The second-order valence-electron chi connectivity index (χ2n) is 9.12. The van der Waals surface area contributed by atoms with Crippen molar-refractivity contribution in [2.24, 2.45) is 5.92 Å². The number of hydrogen-bond donors (Lipinski definition) is 1. The number of hydrogen-bond acceptors (Lipinski definition) is 3. The van der Waals surface area contributed by atoms with E-state index in [-0.39, 0.29) is 5.92 Å². The van der Waals surface area contributed by atoms with Crippen LogP contribution < -0.4 is 5.32 Å². The van der Waals surface area contributed by atoms with Crippen LogP contribution in [0.4, 0.5) is 0 Å². The van der Waals surface area contributed by atoms with Gasteiger partial charge in [0.25, 0.3) is 0 Å². The van der Waals surface area contributed by atoms with Crippen LogP contribution in [0.5, 0.6) is 0 Å². The maximum atomic E-state index is 13.3. The summed E-state index contributed by atoms with van der Waals surface area (Å²) in [5.74, 6) is 0.545. The molecule has 0 aromatic heterocycles. The molecule has 2 aromatic rings. The molecule has 1 saturated carbocycles. The number of carbonyl (C=O) groups excluding carboxylic acids is 1. The molecule has 2 atom stereocenters. The predicted molar refractivity (Wildman–Crippen MR) is 142 cm³/mol. The molecule has 4 nitrogen and oxygen atoms in total. The average molecular weight is 465 g/mol. The lowest BCUT2D eigenvalue weighted by Gasteiger charge is -2.31. The van der Waals surface area contributed by atoms with Gasteiger partial charge in [-0.15, -0.1) is 0 Å². The quantitative estimate of drug-likeness (QED) is 0.583. The molecule has 2 fully saturated rings. The Kier molecular flexibility index (Phi) is 10.6. The summed E-state index contributed by atoms with van der Waals surface area (Å²) in [5, 5.41) is 3.80. The Morgan fingerprint density at radius 1 is 0.853 bits per heavy atom. The third-order valence-electron chi connectivity index (χ3n) is 7.11. The van der Waals surface area contributed by atoms with Crippen molar-refractivity contribution in [1.29, 1.82) is 0 Å². The number of fused-ring (bicyclic) bond motifs is 1. The predicted octanol–water partition coefficient (Wildman–Crippen LogP) is 6.23. The van der Waals surface area contributed by atoms with E-state index >= 15 is 0 Å². The highest BCUT2D eigenvalue weighted by Crippen LogP contribution is 2.31. The lowest BCUT2D eigenvalue weighted by Crippen LogP contribution is -2.42. The summed E-state index contributed by atoms with van der Waals surface area (Å²) in [6, 6.07) is 18.3. The minimum Gasteiger partial charge on any atom is -0.381 e. The highest BCUT2D eigenvalue weighted by atomic mass is 16.5. The number of ether oxygens (including phenoxy) is 1. The van der Waals surface area contributed by atoms with E-state index in [0.717, 1.165) is 64.8 Å². The molecule has 2 aromatic carbocycles. The summed E-state index contributed by atoms with van der Waals surface area (Å²) in [6.07, 6.45) is 6.29. The summed E-state index contributed by atoms with van der Waals surface area (Å²) in [4.78, 5) is 15.4. The Morgan fingerprint density at radius 2 is 1.59 bits per heavy atom. The minimum absolute atomic E-state index is 0.182. The van der Waals surface area contributed by atoms with Crippen molar-refractivity contribution in [1.82, 2.24) is 10.2 Å².